The molecule has 0 saturated carbocycles. The third kappa shape index (κ3) is 2.70. The van der Waals surface area contributed by atoms with E-state index in [0.29, 0.717) is 37.1 Å². The lowest BCUT2D eigenvalue weighted by molar-refractivity contribution is -0.148. The van der Waals surface area contributed by atoms with Crippen LogP contribution in [0.2, 0.25) is 0 Å². The second-order valence-corrected chi connectivity index (χ2v) is 5.34. The third-order valence-electron chi connectivity index (χ3n) is 4.13. The zero-order valence-electron chi connectivity index (χ0n) is 12.1. The summed E-state index contributed by atoms with van der Waals surface area (Å²) in [6.45, 7) is 3.78. The van der Waals surface area contributed by atoms with Gasteiger partial charge in [-0.3, -0.25) is 0 Å². The van der Waals surface area contributed by atoms with Crippen LogP contribution in [0.4, 0.5) is 14.9 Å². The highest BCUT2D eigenvalue weighted by Gasteiger charge is 2.48. The Balaban J connectivity index is 2.19. The number of carboxylic acids is 1. The molecule has 0 spiro atoms. The first-order chi connectivity index (χ1) is 9.90. The molecular formula is C15H19FN2O3. The van der Waals surface area contributed by atoms with E-state index in [9.17, 15) is 19.1 Å². The lowest BCUT2D eigenvalue weighted by Crippen LogP contribution is -2.54. The molecule has 1 aromatic carbocycles. The number of nitrogens with zero attached hydrogens (tertiary/aromatic N) is 1. The van der Waals surface area contributed by atoms with Gasteiger partial charge in [0.15, 0.2) is 0 Å². The van der Waals surface area contributed by atoms with E-state index in [2.05, 4.69) is 5.32 Å². The minimum Gasteiger partial charge on any atom is -0.479 e. The molecule has 21 heavy (non-hydrogen) atoms. The Morgan fingerprint density at radius 1 is 1.48 bits per heavy atom. The number of carboxylic acid groups (broad SMARTS) is 1. The Labute approximate surface area is 122 Å². The van der Waals surface area contributed by atoms with Crippen molar-refractivity contribution in [2.24, 2.45) is 0 Å². The fraction of sp³-hybridized carbons (Fsp3) is 0.467. The van der Waals surface area contributed by atoms with E-state index in [-0.39, 0.29) is 5.82 Å². The van der Waals surface area contributed by atoms with Gasteiger partial charge in [-0.1, -0.05) is 6.92 Å². The summed E-state index contributed by atoms with van der Waals surface area (Å²) in [5.74, 6) is -1.32. The Kier molecular flexibility index (Phi) is 4.16. The summed E-state index contributed by atoms with van der Waals surface area (Å²) in [5.41, 5.74) is -0.255. The number of aliphatic carboxylic acids is 1. The SMILES string of the molecule is CCC1(C(=O)O)CCCN1C(=O)Nc1ccc(F)c(C)c1. The molecule has 114 valence electrons. The predicted molar refractivity (Wildman–Crippen MR) is 76.8 cm³/mol. The first-order valence-electron chi connectivity index (χ1n) is 6.99. The molecule has 1 atom stereocenters. The Morgan fingerprint density at radius 2 is 2.19 bits per heavy atom. The van der Waals surface area contributed by atoms with Gasteiger partial charge in [0.1, 0.15) is 11.4 Å². The van der Waals surface area contributed by atoms with Crippen LogP contribution in [0.25, 0.3) is 0 Å². The average Bonchev–Trinajstić information content (AvgIpc) is 2.88. The summed E-state index contributed by atoms with van der Waals surface area (Å²) < 4.78 is 13.2. The van der Waals surface area contributed by atoms with Crippen LogP contribution in [0.15, 0.2) is 18.2 Å². The quantitative estimate of drug-likeness (QED) is 0.900. The topological polar surface area (TPSA) is 69.6 Å². The first-order valence-corrected chi connectivity index (χ1v) is 6.99. The average molecular weight is 294 g/mol. The number of likely N-dealkylation sites (tertiary alicyclic amines) is 1. The summed E-state index contributed by atoms with van der Waals surface area (Å²) in [6, 6.07) is 3.81. The maximum Gasteiger partial charge on any atom is 0.329 e. The zero-order valence-corrected chi connectivity index (χ0v) is 12.1. The van der Waals surface area contributed by atoms with Gasteiger partial charge < -0.3 is 15.3 Å². The second-order valence-electron chi connectivity index (χ2n) is 5.34. The molecule has 2 amide bonds. The summed E-state index contributed by atoms with van der Waals surface area (Å²) in [6.07, 6.45) is 1.48. The molecule has 1 fully saturated rings. The molecule has 6 heteroatoms. The smallest absolute Gasteiger partial charge is 0.329 e. The number of amides is 2. The molecule has 2 N–H and O–H groups in total. The molecule has 1 heterocycles. The first kappa shape index (κ1) is 15.3. The van der Waals surface area contributed by atoms with Gasteiger partial charge in [-0.15, -0.1) is 0 Å². The van der Waals surface area contributed by atoms with E-state index in [1.807, 2.05) is 0 Å². The highest BCUT2D eigenvalue weighted by atomic mass is 19.1. The normalized spacial score (nSPS) is 21.4. The molecule has 0 radical (unpaired) electrons. The van der Waals surface area contributed by atoms with Gasteiger partial charge in [0, 0.05) is 12.2 Å². The van der Waals surface area contributed by atoms with Gasteiger partial charge >= 0.3 is 12.0 Å². The summed E-state index contributed by atoms with van der Waals surface area (Å²) in [5, 5.41) is 12.1. The van der Waals surface area contributed by atoms with Crippen LogP contribution >= 0.6 is 0 Å². The minimum atomic E-state index is -1.14. The second kappa shape index (κ2) is 5.71. The van der Waals surface area contributed by atoms with E-state index in [4.69, 9.17) is 0 Å². The zero-order chi connectivity index (χ0) is 15.6. The van der Waals surface area contributed by atoms with Gasteiger partial charge in [0.05, 0.1) is 0 Å². The van der Waals surface area contributed by atoms with Crippen molar-refractivity contribution in [3.05, 3.63) is 29.6 Å². The number of rotatable bonds is 3. The van der Waals surface area contributed by atoms with Crippen molar-refractivity contribution in [2.45, 2.75) is 38.6 Å². The van der Waals surface area contributed by atoms with Crippen molar-refractivity contribution < 1.29 is 19.1 Å². The molecule has 1 aromatic rings. The highest BCUT2D eigenvalue weighted by Crippen LogP contribution is 2.33. The van der Waals surface area contributed by atoms with Crippen LogP contribution in [0.5, 0.6) is 0 Å². The van der Waals surface area contributed by atoms with Crippen molar-refractivity contribution in [3.8, 4) is 0 Å². The van der Waals surface area contributed by atoms with Crippen LogP contribution in [0.1, 0.15) is 31.7 Å². The van der Waals surface area contributed by atoms with Crippen molar-refractivity contribution >= 4 is 17.7 Å². The van der Waals surface area contributed by atoms with Crippen molar-refractivity contribution in [3.63, 3.8) is 0 Å². The number of urea groups is 1. The molecule has 2 rings (SSSR count). The van der Waals surface area contributed by atoms with Crippen molar-refractivity contribution in [1.29, 1.82) is 0 Å². The molecule has 0 aliphatic carbocycles. The fourth-order valence-electron chi connectivity index (χ4n) is 2.83. The fourth-order valence-corrected chi connectivity index (χ4v) is 2.83. The van der Waals surface area contributed by atoms with Crippen LogP contribution in [0.3, 0.4) is 0 Å². The molecule has 5 nitrogen and oxygen atoms in total. The number of carbonyl (C=O) groups excluding carboxylic acids is 1. The maximum absolute atomic E-state index is 13.2. The molecule has 0 aromatic heterocycles. The van der Waals surface area contributed by atoms with E-state index < -0.39 is 17.5 Å². The van der Waals surface area contributed by atoms with Gasteiger partial charge in [-0.2, -0.15) is 0 Å². The Bertz CT molecular complexity index is 576. The minimum absolute atomic E-state index is 0.345. The van der Waals surface area contributed by atoms with Crippen LogP contribution in [-0.2, 0) is 4.79 Å². The number of carbonyl (C=O) groups is 2. The lowest BCUT2D eigenvalue weighted by atomic mass is 9.93. The Hall–Kier alpha value is -2.11. The molecule has 1 aliphatic rings. The van der Waals surface area contributed by atoms with Gasteiger partial charge in [0.25, 0.3) is 0 Å². The monoisotopic (exact) mass is 294 g/mol. The summed E-state index contributed by atoms with van der Waals surface area (Å²) in [4.78, 5) is 25.3. The summed E-state index contributed by atoms with van der Waals surface area (Å²) in [7, 11) is 0. The third-order valence-corrected chi connectivity index (χ3v) is 4.13. The van der Waals surface area contributed by atoms with Gasteiger partial charge in [-0.05, 0) is 49.9 Å². The number of benzene rings is 1. The number of hydrogen-bond acceptors (Lipinski definition) is 2. The van der Waals surface area contributed by atoms with Crippen LogP contribution < -0.4 is 5.32 Å². The van der Waals surface area contributed by atoms with E-state index in [1.54, 1.807) is 13.8 Å². The molecule has 1 unspecified atom stereocenters. The molecular weight excluding hydrogens is 275 g/mol. The number of hydrogen-bond donors (Lipinski definition) is 2. The van der Waals surface area contributed by atoms with Crippen molar-refractivity contribution in [1.82, 2.24) is 4.90 Å². The van der Waals surface area contributed by atoms with Crippen LogP contribution in [-0.4, -0.2) is 34.1 Å². The molecule has 1 aliphatic heterocycles. The van der Waals surface area contributed by atoms with E-state index in [1.165, 1.54) is 23.1 Å². The number of anilines is 1. The number of nitrogens with one attached hydrogen (secondary N) is 1. The highest BCUT2D eigenvalue weighted by molar-refractivity contribution is 5.94. The maximum atomic E-state index is 13.2. The number of aryl methyl sites for hydroxylation is 1. The van der Waals surface area contributed by atoms with E-state index in [0.717, 1.165) is 0 Å². The van der Waals surface area contributed by atoms with Gasteiger partial charge in [0.2, 0.25) is 0 Å². The van der Waals surface area contributed by atoms with E-state index >= 15 is 0 Å². The summed E-state index contributed by atoms with van der Waals surface area (Å²) >= 11 is 0. The van der Waals surface area contributed by atoms with Crippen LogP contribution in [0, 0.1) is 12.7 Å². The lowest BCUT2D eigenvalue weighted by Gasteiger charge is -2.33. The van der Waals surface area contributed by atoms with Crippen molar-refractivity contribution in [2.75, 3.05) is 11.9 Å². The standard InChI is InChI=1S/C15H19FN2O3/c1-3-15(13(19)20)7-4-8-18(15)14(21)17-11-5-6-12(16)10(2)9-11/h5-6,9H,3-4,7-8H2,1-2H3,(H,17,21)(H,19,20). The van der Waals surface area contributed by atoms with Gasteiger partial charge in [-0.25, -0.2) is 14.0 Å². The Morgan fingerprint density at radius 3 is 2.76 bits per heavy atom. The molecule has 0 bridgehead atoms. The number of halogens is 1. The predicted octanol–water partition coefficient (Wildman–Crippen LogP) is 3.00. The molecule has 1 saturated heterocycles. The largest absolute Gasteiger partial charge is 0.479 e.